The molecule has 0 spiro atoms. The number of amides is 2. The Balaban J connectivity index is 2.59. The molecule has 0 heterocycles. The number of nitrogens with one attached hydrogen (secondary N) is 1. The standard InChI is InChI=1S/C15H22N2O2S/c1-3-16-14(18)11-17(4-2)15(19)13(20)10-12-8-6-5-7-9-12/h5-9,13,20H,3-4,10-11H2,1-2H3,(H,16,18). The zero-order valence-electron chi connectivity index (χ0n) is 12.0. The van der Waals surface area contributed by atoms with E-state index in [0.29, 0.717) is 19.5 Å². The van der Waals surface area contributed by atoms with E-state index in [4.69, 9.17) is 0 Å². The number of hydrogen-bond acceptors (Lipinski definition) is 3. The number of benzene rings is 1. The molecule has 0 saturated carbocycles. The Hall–Kier alpha value is -1.49. The van der Waals surface area contributed by atoms with Gasteiger partial charge in [-0.15, -0.1) is 0 Å². The van der Waals surface area contributed by atoms with Crippen LogP contribution in [0, 0.1) is 0 Å². The van der Waals surface area contributed by atoms with E-state index in [1.165, 1.54) is 4.90 Å². The van der Waals surface area contributed by atoms with Crippen LogP contribution in [0.25, 0.3) is 0 Å². The minimum atomic E-state index is -0.424. The first-order valence-electron chi connectivity index (χ1n) is 6.85. The summed E-state index contributed by atoms with van der Waals surface area (Å²) in [6.45, 7) is 4.88. The predicted octanol–water partition coefficient (Wildman–Crippen LogP) is 1.51. The maximum Gasteiger partial charge on any atom is 0.239 e. The highest BCUT2D eigenvalue weighted by molar-refractivity contribution is 7.81. The summed E-state index contributed by atoms with van der Waals surface area (Å²) in [5.41, 5.74) is 1.06. The number of likely N-dealkylation sites (N-methyl/N-ethyl adjacent to an activating group) is 2. The zero-order chi connectivity index (χ0) is 15.0. The fourth-order valence-corrected chi connectivity index (χ4v) is 2.28. The van der Waals surface area contributed by atoms with Gasteiger partial charge in [-0.05, 0) is 25.8 Å². The molecular formula is C15H22N2O2S. The molecule has 0 aliphatic carbocycles. The monoisotopic (exact) mass is 294 g/mol. The molecule has 1 unspecified atom stereocenters. The van der Waals surface area contributed by atoms with Crippen LogP contribution < -0.4 is 5.32 Å². The van der Waals surface area contributed by atoms with Gasteiger partial charge in [0.25, 0.3) is 0 Å². The van der Waals surface area contributed by atoms with Crippen molar-refractivity contribution >= 4 is 24.4 Å². The number of carbonyl (C=O) groups is 2. The number of nitrogens with zero attached hydrogens (tertiary/aromatic N) is 1. The smallest absolute Gasteiger partial charge is 0.239 e. The van der Waals surface area contributed by atoms with E-state index in [9.17, 15) is 9.59 Å². The fourth-order valence-electron chi connectivity index (χ4n) is 1.91. The summed E-state index contributed by atoms with van der Waals surface area (Å²) in [7, 11) is 0. The van der Waals surface area contributed by atoms with Gasteiger partial charge in [-0.3, -0.25) is 9.59 Å². The molecule has 110 valence electrons. The minimum Gasteiger partial charge on any atom is -0.355 e. The molecule has 0 aliphatic heterocycles. The summed E-state index contributed by atoms with van der Waals surface area (Å²) < 4.78 is 0. The first-order chi connectivity index (χ1) is 9.58. The lowest BCUT2D eigenvalue weighted by molar-refractivity contribution is -0.135. The van der Waals surface area contributed by atoms with E-state index in [1.807, 2.05) is 44.2 Å². The van der Waals surface area contributed by atoms with Crippen molar-refractivity contribution < 1.29 is 9.59 Å². The van der Waals surface area contributed by atoms with Crippen LogP contribution in [0.4, 0.5) is 0 Å². The van der Waals surface area contributed by atoms with Crippen LogP contribution in [0.1, 0.15) is 19.4 Å². The van der Waals surface area contributed by atoms with E-state index in [1.54, 1.807) is 0 Å². The molecule has 0 fully saturated rings. The molecular weight excluding hydrogens is 272 g/mol. The van der Waals surface area contributed by atoms with Crippen molar-refractivity contribution in [3.05, 3.63) is 35.9 Å². The zero-order valence-corrected chi connectivity index (χ0v) is 12.9. The van der Waals surface area contributed by atoms with Crippen LogP contribution in [0.5, 0.6) is 0 Å². The lowest BCUT2D eigenvalue weighted by Gasteiger charge is -2.23. The molecule has 0 aliphatic rings. The first-order valence-corrected chi connectivity index (χ1v) is 7.37. The maximum absolute atomic E-state index is 12.3. The molecule has 0 bridgehead atoms. The Morgan fingerprint density at radius 1 is 1.25 bits per heavy atom. The van der Waals surface area contributed by atoms with Crippen molar-refractivity contribution in [2.75, 3.05) is 19.6 Å². The van der Waals surface area contributed by atoms with E-state index in [2.05, 4.69) is 17.9 Å². The quantitative estimate of drug-likeness (QED) is 0.749. The number of hydrogen-bond donors (Lipinski definition) is 2. The van der Waals surface area contributed by atoms with E-state index < -0.39 is 5.25 Å². The summed E-state index contributed by atoms with van der Waals surface area (Å²) in [5.74, 6) is -0.242. The molecule has 1 rings (SSSR count). The lowest BCUT2D eigenvalue weighted by Crippen LogP contribution is -2.44. The summed E-state index contributed by atoms with van der Waals surface area (Å²) in [5, 5.41) is 2.27. The number of rotatable bonds is 7. The molecule has 1 aromatic carbocycles. The van der Waals surface area contributed by atoms with Gasteiger partial charge in [-0.1, -0.05) is 30.3 Å². The second kappa shape index (κ2) is 8.64. The third-order valence-corrected chi connectivity index (χ3v) is 3.36. The highest BCUT2D eigenvalue weighted by Crippen LogP contribution is 2.10. The van der Waals surface area contributed by atoms with Crippen molar-refractivity contribution in [1.29, 1.82) is 0 Å². The molecule has 1 N–H and O–H groups in total. The van der Waals surface area contributed by atoms with Crippen LogP contribution in [0.3, 0.4) is 0 Å². The summed E-state index contributed by atoms with van der Waals surface area (Å²) in [4.78, 5) is 25.4. The molecule has 4 nitrogen and oxygen atoms in total. The topological polar surface area (TPSA) is 49.4 Å². The molecule has 2 amide bonds. The van der Waals surface area contributed by atoms with E-state index >= 15 is 0 Å². The Morgan fingerprint density at radius 3 is 2.45 bits per heavy atom. The molecule has 1 atom stereocenters. The van der Waals surface area contributed by atoms with Crippen LogP contribution >= 0.6 is 12.6 Å². The average Bonchev–Trinajstić information content (AvgIpc) is 2.45. The Morgan fingerprint density at radius 2 is 1.90 bits per heavy atom. The highest BCUT2D eigenvalue weighted by atomic mass is 32.1. The molecule has 0 radical (unpaired) electrons. The van der Waals surface area contributed by atoms with Crippen LogP contribution in [0.15, 0.2) is 30.3 Å². The maximum atomic E-state index is 12.3. The highest BCUT2D eigenvalue weighted by Gasteiger charge is 2.22. The van der Waals surface area contributed by atoms with Gasteiger partial charge in [0.1, 0.15) is 0 Å². The van der Waals surface area contributed by atoms with Gasteiger partial charge in [0.2, 0.25) is 11.8 Å². The van der Waals surface area contributed by atoms with Crippen molar-refractivity contribution in [1.82, 2.24) is 10.2 Å². The third-order valence-electron chi connectivity index (χ3n) is 2.96. The molecule has 5 heteroatoms. The molecule has 1 aromatic rings. The Bertz CT molecular complexity index is 437. The van der Waals surface area contributed by atoms with Gasteiger partial charge in [0, 0.05) is 13.1 Å². The fraction of sp³-hybridized carbons (Fsp3) is 0.467. The first kappa shape index (κ1) is 16.6. The van der Waals surface area contributed by atoms with Crippen LogP contribution in [0.2, 0.25) is 0 Å². The van der Waals surface area contributed by atoms with E-state index in [-0.39, 0.29) is 18.4 Å². The van der Waals surface area contributed by atoms with Gasteiger partial charge >= 0.3 is 0 Å². The van der Waals surface area contributed by atoms with Crippen molar-refractivity contribution in [2.24, 2.45) is 0 Å². The predicted molar refractivity (Wildman–Crippen MR) is 83.9 cm³/mol. The molecule has 0 saturated heterocycles. The van der Waals surface area contributed by atoms with Crippen molar-refractivity contribution in [3.8, 4) is 0 Å². The second-order valence-electron chi connectivity index (χ2n) is 4.51. The molecule has 0 aromatic heterocycles. The summed E-state index contributed by atoms with van der Waals surface area (Å²) in [6.07, 6.45) is 0.564. The number of thiol groups is 1. The lowest BCUT2D eigenvalue weighted by atomic mass is 10.1. The normalized spacial score (nSPS) is 11.8. The van der Waals surface area contributed by atoms with Gasteiger partial charge in [0.15, 0.2) is 0 Å². The summed E-state index contributed by atoms with van der Waals surface area (Å²) >= 11 is 4.38. The largest absolute Gasteiger partial charge is 0.355 e. The molecule has 20 heavy (non-hydrogen) atoms. The average molecular weight is 294 g/mol. The van der Waals surface area contributed by atoms with Gasteiger partial charge in [-0.25, -0.2) is 0 Å². The van der Waals surface area contributed by atoms with Crippen molar-refractivity contribution in [3.63, 3.8) is 0 Å². The Kier molecular flexibility index (Phi) is 7.15. The minimum absolute atomic E-state index is 0.0923. The number of carbonyl (C=O) groups excluding carboxylic acids is 2. The Labute approximate surface area is 126 Å². The van der Waals surface area contributed by atoms with Gasteiger partial charge in [0.05, 0.1) is 11.8 Å². The van der Waals surface area contributed by atoms with Gasteiger partial charge in [-0.2, -0.15) is 12.6 Å². The second-order valence-corrected chi connectivity index (χ2v) is 5.13. The van der Waals surface area contributed by atoms with E-state index in [0.717, 1.165) is 5.56 Å². The SMILES string of the molecule is CCNC(=O)CN(CC)C(=O)C(S)Cc1ccccc1. The van der Waals surface area contributed by atoms with Crippen molar-refractivity contribution in [2.45, 2.75) is 25.5 Å². The third kappa shape index (κ3) is 5.25. The van der Waals surface area contributed by atoms with Crippen LogP contribution in [-0.4, -0.2) is 41.6 Å². The van der Waals surface area contributed by atoms with Crippen LogP contribution in [-0.2, 0) is 16.0 Å². The summed E-state index contributed by atoms with van der Waals surface area (Å²) in [6, 6.07) is 9.75. The van der Waals surface area contributed by atoms with Gasteiger partial charge < -0.3 is 10.2 Å².